The minimum atomic E-state index is -0.267. The molecule has 0 bridgehead atoms. The molecule has 2 aliphatic rings. The summed E-state index contributed by atoms with van der Waals surface area (Å²) in [6.07, 6.45) is 0.841. The number of carbonyl (C=O) groups excluding carboxylic acids is 2. The van der Waals surface area contributed by atoms with E-state index in [9.17, 15) is 14.0 Å². The van der Waals surface area contributed by atoms with Gasteiger partial charge in [0.2, 0.25) is 5.91 Å². The molecule has 1 saturated heterocycles. The zero-order valence-corrected chi connectivity index (χ0v) is 21.0. The van der Waals surface area contributed by atoms with Gasteiger partial charge in [-0.3, -0.25) is 14.7 Å². The van der Waals surface area contributed by atoms with Crippen molar-refractivity contribution in [1.29, 1.82) is 0 Å². The Morgan fingerprint density at radius 3 is 2.38 bits per heavy atom. The topological polar surface area (TPSA) is 91.0 Å². The molecule has 9 nitrogen and oxygen atoms in total. The minimum absolute atomic E-state index is 0.0228. The molecule has 0 spiro atoms. The normalized spacial score (nSPS) is 15.4. The summed E-state index contributed by atoms with van der Waals surface area (Å²) in [5.41, 5.74) is 3.85. The molecule has 3 aromatic rings. The van der Waals surface area contributed by atoms with E-state index in [0.29, 0.717) is 62.9 Å². The number of ether oxygens (including phenoxy) is 2. The number of H-pyrrole nitrogens is 1. The fourth-order valence-corrected chi connectivity index (χ4v) is 4.93. The summed E-state index contributed by atoms with van der Waals surface area (Å²) >= 11 is 0. The van der Waals surface area contributed by atoms with Crippen molar-refractivity contribution < 1.29 is 23.5 Å². The van der Waals surface area contributed by atoms with Gasteiger partial charge in [0.15, 0.2) is 17.2 Å². The summed E-state index contributed by atoms with van der Waals surface area (Å²) in [5.74, 6) is 0.769. The van der Waals surface area contributed by atoms with Crippen LogP contribution in [0.25, 0.3) is 0 Å². The molecule has 1 N–H and O–H groups in total. The van der Waals surface area contributed by atoms with Gasteiger partial charge in [-0.1, -0.05) is 6.07 Å². The van der Waals surface area contributed by atoms with Crippen LogP contribution in [0.3, 0.4) is 0 Å². The number of aromatic amines is 1. The number of fused-ring (bicyclic) bond motifs is 1. The number of piperazine rings is 1. The summed E-state index contributed by atoms with van der Waals surface area (Å²) in [6.45, 7) is 3.29. The van der Waals surface area contributed by atoms with Gasteiger partial charge in [-0.25, -0.2) is 4.39 Å². The lowest BCUT2D eigenvalue weighted by Gasteiger charge is -2.36. The second-order valence-electron chi connectivity index (χ2n) is 9.22. The Kier molecular flexibility index (Phi) is 6.98. The van der Waals surface area contributed by atoms with E-state index in [1.807, 2.05) is 12.1 Å². The molecule has 0 atom stereocenters. The van der Waals surface area contributed by atoms with Crippen LogP contribution in [0.4, 0.5) is 10.1 Å². The van der Waals surface area contributed by atoms with Gasteiger partial charge in [-0.15, -0.1) is 0 Å². The average Bonchev–Trinajstić information content (AvgIpc) is 3.36. The van der Waals surface area contributed by atoms with Gasteiger partial charge in [-0.2, -0.15) is 5.10 Å². The first-order valence-electron chi connectivity index (χ1n) is 12.3. The lowest BCUT2D eigenvalue weighted by Crippen LogP contribution is -2.49. The van der Waals surface area contributed by atoms with Gasteiger partial charge in [0.1, 0.15) is 5.82 Å². The summed E-state index contributed by atoms with van der Waals surface area (Å²) in [4.78, 5) is 32.2. The highest BCUT2D eigenvalue weighted by Gasteiger charge is 2.31. The largest absolute Gasteiger partial charge is 0.493 e. The number of rotatable bonds is 6. The number of benzene rings is 2. The summed E-state index contributed by atoms with van der Waals surface area (Å²) < 4.78 is 23.9. The van der Waals surface area contributed by atoms with Crippen LogP contribution in [0.2, 0.25) is 0 Å². The zero-order valence-electron chi connectivity index (χ0n) is 21.0. The van der Waals surface area contributed by atoms with Crippen molar-refractivity contribution in [1.82, 2.24) is 20.0 Å². The molecule has 1 fully saturated rings. The molecule has 0 aliphatic carbocycles. The van der Waals surface area contributed by atoms with Crippen molar-refractivity contribution in [2.24, 2.45) is 0 Å². The SMILES string of the molecule is COc1ccc(CC(=O)N2CCc3[nH]nc(C(=O)N4CCN(c5ccc(F)cc5)CC4)c3C2)cc1OC. The third-order valence-corrected chi connectivity index (χ3v) is 7.05. The molecule has 3 heterocycles. The highest BCUT2D eigenvalue weighted by molar-refractivity contribution is 5.94. The number of amides is 2. The fraction of sp³-hybridized carbons (Fsp3) is 0.370. The number of hydrogen-bond acceptors (Lipinski definition) is 6. The second kappa shape index (κ2) is 10.5. The first-order valence-corrected chi connectivity index (χ1v) is 12.3. The summed E-state index contributed by atoms with van der Waals surface area (Å²) in [7, 11) is 3.14. The third kappa shape index (κ3) is 5.09. The Balaban J connectivity index is 1.23. The average molecular weight is 508 g/mol. The van der Waals surface area contributed by atoms with E-state index in [0.717, 1.165) is 22.5 Å². The molecule has 2 aliphatic heterocycles. The van der Waals surface area contributed by atoms with E-state index in [4.69, 9.17) is 9.47 Å². The number of nitrogens with one attached hydrogen (secondary N) is 1. The van der Waals surface area contributed by atoms with E-state index in [1.54, 1.807) is 42.2 Å². The molecular formula is C27H30FN5O4. The predicted octanol–water partition coefficient (Wildman–Crippen LogP) is 2.66. The van der Waals surface area contributed by atoms with Gasteiger partial charge in [0, 0.05) is 62.6 Å². The molecule has 0 saturated carbocycles. The van der Waals surface area contributed by atoms with E-state index in [-0.39, 0.29) is 24.1 Å². The number of aromatic nitrogens is 2. The first-order chi connectivity index (χ1) is 18.0. The molecule has 0 unspecified atom stereocenters. The van der Waals surface area contributed by atoms with Crippen molar-refractivity contribution in [3.8, 4) is 11.5 Å². The van der Waals surface area contributed by atoms with Crippen LogP contribution in [-0.4, -0.2) is 78.8 Å². The van der Waals surface area contributed by atoms with Gasteiger partial charge in [-0.05, 0) is 42.0 Å². The molecule has 37 heavy (non-hydrogen) atoms. The highest BCUT2D eigenvalue weighted by Crippen LogP contribution is 2.29. The van der Waals surface area contributed by atoms with Crippen molar-refractivity contribution >= 4 is 17.5 Å². The highest BCUT2D eigenvalue weighted by atomic mass is 19.1. The second-order valence-corrected chi connectivity index (χ2v) is 9.22. The van der Waals surface area contributed by atoms with Gasteiger partial charge >= 0.3 is 0 Å². The Hall–Kier alpha value is -4.08. The van der Waals surface area contributed by atoms with Crippen LogP contribution in [-0.2, 0) is 24.2 Å². The molecule has 10 heteroatoms. The Morgan fingerprint density at radius 2 is 1.68 bits per heavy atom. The molecule has 5 rings (SSSR count). The number of anilines is 1. The van der Waals surface area contributed by atoms with Crippen molar-refractivity contribution in [3.05, 3.63) is 70.8 Å². The molecule has 2 amide bonds. The van der Waals surface area contributed by atoms with Crippen LogP contribution in [0.15, 0.2) is 42.5 Å². The molecule has 1 aromatic heterocycles. The maximum atomic E-state index is 13.4. The van der Waals surface area contributed by atoms with Crippen LogP contribution in [0.5, 0.6) is 11.5 Å². The number of hydrogen-bond donors (Lipinski definition) is 1. The molecule has 2 aromatic carbocycles. The Bertz CT molecular complexity index is 1280. The first kappa shape index (κ1) is 24.6. The van der Waals surface area contributed by atoms with Gasteiger partial charge in [0.25, 0.3) is 5.91 Å². The van der Waals surface area contributed by atoms with Crippen LogP contribution in [0.1, 0.15) is 27.3 Å². The van der Waals surface area contributed by atoms with Gasteiger partial charge in [0.05, 0.1) is 20.6 Å². The molecule has 194 valence electrons. The molecular weight excluding hydrogens is 477 g/mol. The minimum Gasteiger partial charge on any atom is -0.493 e. The predicted molar refractivity (Wildman–Crippen MR) is 135 cm³/mol. The van der Waals surface area contributed by atoms with Crippen molar-refractivity contribution in [2.75, 3.05) is 51.8 Å². The summed E-state index contributed by atoms with van der Waals surface area (Å²) in [5, 5.41) is 7.35. The lowest BCUT2D eigenvalue weighted by molar-refractivity contribution is -0.131. The molecule has 0 radical (unpaired) electrons. The standard InChI is InChI=1S/C27H30FN5O4/c1-36-23-8-3-18(15-24(23)37-2)16-25(34)33-10-9-22-21(17-33)26(30-29-22)27(35)32-13-11-31(12-14-32)20-6-4-19(28)5-7-20/h3-8,15H,9-14,16-17H2,1-2H3,(H,29,30). The third-order valence-electron chi connectivity index (χ3n) is 7.05. The van der Waals surface area contributed by atoms with Crippen molar-refractivity contribution in [3.63, 3.8) is 0 Å². The zero-order chi connectivity index (χ0) is 25.9. The summed E-state index contributed by atoms with van der Waals surface area (Å²) in [6, 6.07) is 11.9. The van der Waals surface area contributed by atoms with Crippen molar-refractivity contribution in [2.45, 2.75) is 19.4 Å². The number of methoxy groups -OCH3 is 2. The van der Waals surface area contributed by atoms with E-state index >= 15 is 0 Å². The van der Waals surface area contributed by atoms with Gasteiger partial charge < -0.3 is 24.2 Å². The van der Waals surface area contributed by atoms with Crippen LogP contribution < -0.4 is 14.4 Å². The number of carbonyl (C=O) groups is 2. The monoisotopic (exact) mass is 507 g/mol. The van der Waals surface area contributed by atoms with Crippen LogP contribution >= 0.6 is 0 Å². The lowest BCUT2D eigenvalue weighted by atomic mass is 10.0. The number of nitrogens with zero attached hydrogens (tertiary/aromatic N) is 4. The fourth-order valence-electron chi connectivity index (χ4n) is 4.93. The van der Waals surface area contributed by atoms with Crippen LogP contribution in [0, 0.1) is 5.82 Å². The Morgan fingerprint density at radius 1 is 0.946 bits per heavy atom. The van der Waals surface area contributed by atoms with E-state index < -0.39 is 0 Å². The Labute approximate surface area is 214 Å². The smallest absolute Gasteiger partial charge is 0.274 e. The maximum absolute atomic E-state index is 13.4. The maximum Gasteiger partial charge on any atom is 0.274 e. The van der Waals surface area contributed by atoms with E-state index in [1.165, 1.54) is 12.1 Å². The number of halogens is 1. The quantitative estimate of drug-likeness (QED) is 0.552. The van der Waals surface area contributed by atoms with E-state index in [2.05, 4.69) is 15.1 Å².